The molecule has 0 spiro atoms. The van der Waals surface area contributed by atoms with E-state index in [2.05, 4.69) is 9.72 Å². The maximum atomic E-state index is 13.4. The van der Waals surface area contributed by atoms with Crippen molar-refractivity contribution < 1.29 is 19.0 Å². The van der Waals surface area contributed by atoms with Gasteiger partial charge in [-0.3, -0.25) is 4.79 Å². The molecule has 0 amide bonds. The van der Waals surface area contributed by atoms with Crippen LogP contribution in [0.3, 0.4) is 0 Å². The third kappa shape index (κ3) is 2.37. The van der Waals surface area contributed by atoms with Crippen molar-refractivity contribution in [3.63, 3.8) is 0 Å². The Morgan fingerprint density at radius 3 is 2.89 bits per heavy atom. The molecule has 0 saturated carbocycles. The molecule has 8 heteroatoms. The lowest BCUT2D eigenvalue weighted by atomic mass is 10.2. The Morgan fingerprint density at radius 1 is 1.63 bits per heavy atom. The summed E-state index contributed by atoms with van der Waals surface area (Å²) in [6.07, 6.45) is -0.429. The molecule has 100 valence electrons. The lowest BCUT2D eigenvalue weighted by Gasteiger charge is -2.10. The highest BCUT2D eigenvalue weighted by molar-refractivity contribution is 6.29. The molecule has 0 aliphatic heterocycles. The summed E-state index contributed by atoms with van der Waals surface area (Å²) >= 11 is 5.57. The number of hydrogen-bond acceptors (Lipinski definition) is 4. The van der Waals surface area contributed by atoms with Gasteiger partial charge in [-0.1, -0.05) is 11.6 Å². The average Bonchev–Trinajstić information content (AvgIpc) is 2.35. The number of hydrogen-bond donors (Lipinski definition) is 1. The molecular weight excluding hydrogens is 279 g/mol. The van der Waals surface area contributed by atoms with Gasteiger partial charge in [-0.2, -0.15) is 0 Å². The van der Waals surface area contributed by atoms with Gasteiger partial charge in [-0.25, -0.2) is 14.2 Å². The highest BCUT2D eigenvalue weighted by atomic mass is 35.5. The van der Waals surface area contributed by atoms with Crippen LogP contribution in [-0.2, 0) is 6.54 Å². The maximum absolute atomic E-state index is 13.4. The van der Waals surface area contributed by atoms with E-state index in [0.29, 0.717) is 6.54 Å². The summed E-state index contributed by atoms with van der Waals surface area (Å²) in [4.78, 5) is 26.2. The summed E-state index contributed by atoms with van der Waals surface area (Å²) in [5, 5.41) is 8.09. The van der Waals surface area contributed by atoms with Gasteiger partial charge in [0.1, 0.15) is 5.65 Å². The van der Waals surface area contributed by atoms with Crippen LogP contribution >= 0.6 is 11.6 Å². The zero-order valence-electron chi connectivity index (χ0n) is 9.68. The minimum Gasteiger partial charge on any atom is -0.449 e. The molecular formula is C11H8ClFN2O4. The molecule has 0 radical (unpaired) electrons. The summed E-state index contributed by atoms with van der Waals surface area (Å²) < 4.78 is 19.2. The van der Waals surface area contributed by atoms with Crippen molar-refractivity contribution in [1.82, 2.24) is 9.55 Å². The highest BCUT2D eigenvalue weighted by Gasteiger charge is 2.15. The molecule has 0 aliphatic rings. The van der Waals surface area contributed by atoms with Crippen LogP contribution in [0.4, 0.5) is 9.18 Å². The summed E-state index contributed by atoms with van der Waals surface area (Å²) in [6, 6.07) is 0.911. The molecule has 2 aromatic rings. The predicted octanol–water partition coefficient (Wildman–Crippen LogP) is 2.27. The number of ether oxygens (including phenoxy) is 1. The molecule has 0 aromatic carbocycles. The summed E-state index contributed by atoms with van der Waals surface area (Å²) in [5.41, 5.74) is -0.596. The fourth-order valence-electron chi connectivity index (χ4n) is 1.65. The van der Waals surface area contributed by atoms with Crippen molar-refractivity contribution in [2.45, 2.75) is 13.5 Å². The number of fused-ring (bicyclic) bond motifs is 1. The normalized spacial score (nSPS) is 10.7. The highest BCUT2D eigenvalue weighted by Crippen LogP contribution is 2.19. The molecule has 2 aromatic heterocycles. The molecule has 0 fully saturated rings. The Labute approximate surface area is 111 Å². The zero-order valence-corrected chi connectivity index (χ0v) is 10.4. The van der Waals surface area contributed by atoms with Crippen molar-refractivity contribution >= 4 is 28.8 Å². The molecule has 1 N–H and O–H groups in total. The third-order valence-electron chi connectivity index (χ3n) is 2.46. The van der Waals surface area contributed by atoms with E-state index in [9.17, 15) is 14.0 Å². The Kier molecular flexibility index (Phi) is 3.39. The van der Waals surface area contributed by atoms with E-state index in [1.54, 1.807) is 6.92 Å². The predicted molar refractivity (Wildman–Crippen MR) is 65.3 cm³/mol. The van der Waals surface area contributed by atoms with E-state index in [-0.39, 0.29) is 16.2 Å². The van der Waals surface area contributed by atoms with E-state index in [0.717, 1.165) is 6.07 Å². The maximum Gasteiger partial charge on any atom is 0.511 e. The zero-order chi connectivity index (χ0) is 14.2. The van der Waals surface area contributed by atoms with Crippen molar-refractivity contribution in [3.05, 3.63) is 33.5 Å². The van der Waals surface area contributed by atoms with E-state index in [4.69, 9.17) is 16.7 Å². The fourth-order valence-corrected chi connectivity index (χ4v) is 1.78. The van der Waals surface area contributed by atoms with Crippen molar-refractivity contribution in [2.24, 2.45) is 0 Å². The van der Waals surface area contributed by atoms with Crippen molar-refractivity contribution in [3.8, 4) is 5.75 Å². The number of halogens is 2. The van der Waals surface area contributed by atoms with Crippen LogP contribution in [0.25, 0.3) is 11.0 Å². The van der Waals surface area contributed by atoms with Crippen LogP contribution in [0.2, 0.25) is 5.15 Å². The number of carbonyl (C=O) groups is 1. The number of carboxylic acid groups (broad SMARTS) is 1. The smallest absolute Gasteiger partial charge is 0.449 e. The first-order chi connectivity index (χ1) is 8.93. The largest absolute Gasteiger partial charge is 0.511 e. The second kappa shape index (κ2) is 4.85. The summed E-state index contributed by atoms with van der Waals surface area (Å²) in [6.45, 7) is 2.12. The molecule has 19 heavy (non-hydrogen) atoms. The lowest BCUT2D eigenvalue weighted by molar-refractivity contribution is 0.144. The van der Waals surface area contributed by atoms with E-state index >= 15 is 0 Å². The number of nitrogens with zero attached hydrogens (tertiary/aromatic N) is 2. The first kappa shape index (κ1) is 13.3. The first-order valence-corrected chi connectivity index (χ1v) is 5.61. The number of rotatable bonds is 2. The van der Waals surface area contributed by atoms with Crippen LogP contribution in [-0.4, -0.2) is 20.8 Å². The lowest BCUT2D eigenvalue weighted by Crippen LogP contribution is -2.17. The Hall–Kier alpha value is -2.15. The molecule has 6 nitrogen and oxygen atoms in total. The third-order valence-corrected chi connectivity index (χ3v) is 2.73. The molecule has 0 unspecified atom stereocenters. The van der Waals surface area contributed by atoms with Gasteiger partial charge in [0.25, 0.3) is 0 Å². The Morgan fingerprint density at radius 2 is 2.32 bits per heavy atom. The topological polar surface area (TPSA) is 81.4 Å². The van der Waals surface area contributed by atoms with E-state index < -0.39 is 23.2 Å². The van der Waals surface area contributed by atoms with Gasteiger partial charge in [-0.15, -0.1) is 0 Å². The molecule has 0 aliphatic carbocycles. The standard InChI is InChI=1S/C11H8ClFN2O4/c1-2-15-4-7(19-11(17)18)8(16)5-3-6(13)9(12)14-10(5)15/h3-4H,2H2,1H3,(H,17,18). The minimum absolute atomic E-state index is 0.0949. The number of aryl methyl sites for hydroxylation is 1. The SMILES string of the molecule is CCn1cc(OC(=O)O)c(=O)c2cc(F)c(Cl)nc21. The van der Waals surface area contributed by atoms with Gasteiger partial charge in [0, 0.05) is 6.54 Å². The Balaban J connectivity index is 2.83. The molecule has 0 atom stereocenters. The quantitative estimate of drug-likeness (QED) is 0.676. The van der Waals surface area contributed by atoms with E-state index in [1.807, 2.05) is 0 Å². The average molecular weight is 287 g/mol. The summed E-state index contributed by atoms with van der Waals surface area (Å²) in [5.74, 6) is -1.27. The van der Waals surface area contributed by atoms with E-state index in [1.165, 1.54) is 10.8 Å². The van der Waals surface area contributed by atoms with Gasteiger partial charge < -0.3 is 14.4 Å². The molecule has 2 heterocycles. The molecule has 2 rings (SSSR count). The number of pyridine rings is 2. The van der Waals surface area contributed by atoms with Gasteiger partial charge in [0.05, 0.1) is 11.6 Å². The van der Waals surface area contributed by atoms with Gasteiger partial charge in [-0.05, 0) is 13.0 Å². The number of aromatic nitrogens is 2. The van der Waals surface area contributed by atoms with Crippen LogP contribution in [0.1, 0.15) is 6.92 Å². The van der Waals surface area contributed by atoms with Crippen LogP contribution in [0.5, 0.6) is 5.75 Å². The van der Waals surface area contributed by atoms with Gasteiger partial charge >= 0.3 is 6.16 Å². The minimum atomic E-state index is -1.62. The molecule has 0 bridgehead atoms. The van der Waals surface area contributed by atoms with Gasteiger partial charge in [0.2, 0.25) is 5.43 Å². The van der Waals surface area contributed by atoms with Gasteiger partial charge in [0.15, 0.2) is 16.7 Å². The first-order valence-electron chi connectivity index (χ1n) is 5.24. The summed E-state index contributed by atoms with van der Waals surface area (Å²) in [7, 11) is 0. The van der Waals surface area contributed by atoms with Crippen LogP contribution < -0.4 is 10.2 Å². The Bertz CT molecular complexity index is 729. The van der Waals surface area contributed by atoms with Crippen molar-refractivity contribution in [2.75, 3.05) is 0 Å². The van der Waals surface area contributed by atoms with Crippen LogP contribution in [0.15, 0.2) is 17.1 Å². The fraction of sp³-hybridized carbons (Fsp3) is 0.182. The second-order valence-electron chi connectivity index (χ2n) is 3.61. The monoisotopic (exact) mass is 286 g/mol. The second-order valence-corrected chi connectivity index (χ2v) is 3.97. The van der Waals surface area contributed by atoms with Crippen molar-refractivity contribution in [1.29, 1.82) is 0 Å². The molecule has 0 saturated heterocycles. The van der Waals surface area contributed by atoms with Crippen LogP contribution in [0, 0.1) is 5.82 Å².